The lowest BCUT2D eigenvalue weighted by atomic mass is 9.85. The Morgan fingerprint density at radius 3 is 1.77 bits per heavy atom. The maximum atomic E-state index is 10.6. The van der Waals surface area contributed by atoms with Crippen molar-refractivity contribution in [3.05, 3.63) is 58.7 Å². The number of phenols is 2. The molecule has 4 rings (SSSR count). The van der Waals surface area contributed by atoms with Gasteiger partial charge in [-0.05, 0) is 51.0 Å². The Hall–Kier alpha value is -2.12. The second-order valence-electron chi connectivity index (χ2n) is 8.99. The van der Waals surface area contributed by atoms with Gasteiger partial charge >= 0.3 is 0 Å². The molecule has 1 spiro atoms. The van der Waals surface area contributed by atoms with Crippen molar-refractivity contribution in [1.29, 1.82) is 0 Å². The first kappa shape index (κ1) is 21.1. The topological polar surface area (TPSA) is 88.6 Å². The molecule has 2 aliphatic heterocycles. The molecule has 0 aromatic heterocycles. The van der Waals surface area contributed by atoms with Gasteiger partial charge < -0.3 is 10.2 Å². The minimum Gasteiger partial charge on any atom is -0.508 e. The van der Waals surface area contributed by atoms with Crippen LogP contribution < -0.4 is 21.3 Å². The molecule has 0 bridgehead atoms. The molecule has 0 aliphatic carbocycles. The van der Waals surface area contributed by atoms with E-state index in [2.05, 4.69) is 35.1 Å². The number of phenolic OH excluding ortho intramolecular Hbond substituents is 2. The van der Waals surface area contributed by atoms with E-state index in [0.717, 1.165) is 47.9 Å². The van der Waals surface area contributed by atoms with Crippen LogP contribution in [0.3, 0.4) is 0 Å². The minimum atomic E-state index is -0.530. The third-order valence-electron chi connectivity index (χ3n) is 6.41. The summed E-state index contributed by atoms with van der Waals surface area (Å²) in [4.78, 5) is 0. The predicted molar refractivity (Wildman–Crippen MR) is 119 cm³/mol. The van der Waals surface area contributed by atoms with Crippen LogP contribution in [0.4, 0.5) is 0 Å². The van der Waals surface area contributed by atoms with Gasteiger partial charge in [0.2, 0.25) is 0 Å². The summed E-state index contributed by atoms with van der Waals surface area (Å²) < 4.78 is 0. The first-order chi connectivity index (χ1) is 14.3. The fourth-order valence-electron chi connectivity index (χ4n) is 5.19. The van der Waals surface area contributed by atoms with Crippen molar-refractivity contribution in [2.75, 3.05) is 6.54 Å². The monoisotopic (exact) mass is 410 g/mol. The molecule has 2 saturated heterocycles. The fraction of sp³-hybridized carbons (Fsp3) is 0.500. The molecule has 2 fully saturated rings. The highest BCUT2D eigenvalue weighted by atomic mass is 16.3. The summed E-state index contributed by atoms with van der Waals surface area (Å²) in [6.45, 7) is 9.03. The van der Waals surface area contributed by atoms with E-state index in [1.165, 1.54) is 0 Å². The highest BCUT2D eigenvalue weighted by Crippen LogP contribution is 2.44. The van der Waals surface area contributed by atoms with Gasteiger partial charge in [0, 0.05) is 17.7 Å². The predicted octanol–water partition coefficient (Wildman–Crippen LogP) is 3.36. The Labute approximate surface area is 179 Å². The van der Waals surface area contributed by atoms with Gasteiger partial charge in [-0.3, -0.25) is 21.3 Å². The molecule has 162 valence electrons. The zero-order valence-corrected chi connectivity index (χ0v) is 18.4. The molecule has 0 saturated carbocycles. The third-order valence-corrected chi connectivity index (χ3v) is 6.41. The van der Waals surface area contributed by atoms with Crippen molar-refractivity contribution in [1.82, 2.24) is 21.3 Å². The van der Waals surface area contributed by atoms with Gasteiger partial charge in [0.05, 0.1) is 0 Å². The molecular formula is C24H34N4O2. The highest BCUT2D eigenvalue weighted by molar-refractivity contribution is 5.45. The van der Waals surface area contributed by atoms with Crippen molar-refractivity contribution in [3.8, 4) is 11.5 Å². The van der Waals surface area contributed by atoms with Crippen molar-refractivity contribution in [2.24, 2.45) is 0 Å². The summed E-state index contributed by atoms with van der Waals surface area (Å²) >= 11 is 0. The maximum absolute atomic E-state index is 10.6. The Morgan fingerprint density at radius 1 is 0.767 bits per heavy atom. The van der Waals surface area contributed by atoms with E-state index >= 15 is 0 Å². The second kappa shape index (κ2) is 7.54. The van der Waals surface area contributed by atoms with Crippen LogP contribution in [0.5, 0.6) is 11.5 Å². The second-order valence-corrected chi connectivity index (χ2v) is 8.99. The van der Waals surface area contributed by atoms with Gasteiger partial charge in [0.15, 0.2) is 0 Å². The molecule has 2 aromatic rings. The first-order valence-electron chi connectivity index (χ1n) is 11.0. The van der Waals surface area contributed by atoms with Crippen molar-refractivity contribution < 1.29 is 10.2 Å². The fourth-order valence-corrected chi connectivity index (χ4v) is 5.19. The van der Waals surface area contributed by atoms with Crippen molar-refractivity contribution >= 4 is 0 Å². The minimum absolute atomic E-state index is 0.293. The summed E-state index contributed by atoms with van der Waals surface area (Å²) in [7, 11) is 0. The van der Waals surface area contributed by atoms with Crippen LogP contribution in [0.1, 0.15) is 61.8 Å². The molecule has 6 heteroatoms. The Morgan fingerprint density at radius 2 is 1.23 bits per heavy atom. The zero-order valence-electron chi connectivity index (χ0n) is 18.4. The smallest absolute Gasteiger partial charge is 0.141 e. The van der Waals surface area contributed by atoms with Crippen molar-refractivity contribution in [2.45, 2.75) is 70.5 Å². The Bertz CT molecular complexity index is 939. The van der Waals surface area contributed by atoms with Crippen LogP contribution in [0.15, 0.2) is 36.4 Å². The SMILES string of the molecule is CCCC1(c2cc(C)ccc2O)NCC2(N1)NC(CCC)(c1cc(C)ccc1O)N2. The molecule has 2 heterocycles. The highest BCUT2D eigenvalue weighted by Gasteiger charge is 2.61. The molecule has 0 radical (unpaired) electrons. The van der Waals surface area contributed by atoms with Crippen LogP contribution in [-0.2, 0) is 11.3 Å². The number of rotatable bonds is 6. The lowest BCUT2D eigenvalue weighted by Gasteiger charge is -2.58. The van der Waals surface area contributed by atoms with Crippen LogP contribution in [-0.4, -0.2) is 22.5 Å². The van der Waals surface area contributed by atoms with E-state index < -0.39 is 17.1 Å². The maximum Gasteiger partial charge on any atom is 0.141 e. The van der Waals surface area contributed by atoms with Crippen LogP contribution in [0, 0.1) is 13.8 Å². The normalized spacial score (nSPS) is 30.5. The largest absolute Gasteiger partial charge is 0.508 e. The summed E-state index contributed by atoms with van der Waals surface area (Å²) in [5.74, 6) is 0.0732. The average Bonchev–Trinajstić information content (AvgIpc) is 3.06. The summed E-state index contributed by atoms with van der Waals surface area (Å²) in [5.41, 5.74) is 2.96. The standard InChI is InChI=1S/C24H34N4O2/c1-5-11-22(18-13-16(3)7-9-20(18)29)25-15-24(26-22)27-23(28-24,12-6-2)19-14-17(4)8-10-21(19)30/h7-10,13-14,25-30H,5-6,11-12,15H2,1-4H3. The molecular weight excluding hydrogens is 376 g/mol. The van der Waals surface area contributed by atoms with Crippen molar-refractivity contribution in [3.63, 3.8) is 0 Å². The zero-order chi connectivity index (χ0) is 21.6. The lowest BCUT2D eigenvalue weighted by molar-refractivity contribution is -0.0372. The van der Waals surface area contributed by atoms with E-state index in [1.54, 1.807) is 12.1 Å². The molecule has 6 nitrogen and oxygen atoms in total. The van der Waals surface area contributed by atoms with Gasteiger partial charge in [0.1, 0.15) is 28.6 Å². The van der Waals surface area contributed by atoms with E-state index in [4.69, 9.17) is 0 Å². The first-order valence-corrected chi connectivity index (χ1v) is 11.0. The van der Waals surface area contributed by atoms with Crippen LogP contribution >= 0.6 is 0 Å². The number of benzene rings is 2. The molecule has 2 aliphatic rings. The molecule has 2 aromatic carbocycles. The molecule has 6 N–H and O–H groups in total. The number of nitrogens with one attached hydrogen (secondary N) is 4. The quantitative estimate of drug-likeness (QED) is 0.438. The molecule has 1 unspecified atom stereocenters. The third kappa shape index (κ3) is 3.38. The van der Waals surface area contributed by atoms with E-state index in [-0.39, 0.29) is 0 Å². The van der Waals surface area contributed by atoms with Gasteiger partial charge in [-0.25, -0.2) is 0 Å². The number of aromatic hydroxyl groups is 2. The molecule has 0 amide bonds. The lowest BCUT2D eigenvalue weighted by Crippen LogP contribution is -2.88. The van der Waals surface area contributed by atoms with Crippen LogP contribution in [0.25, 0.3) is 0 Å². The van der Waals surface area contributed by atoms with Gasteiger partial charge in [0.25, 0.3) is 0 Å². The summed E-state index contributed by atoms with van der Waals surface area (Å²) in [6, 6.07) is 11.5. The van der Waals surface area contributed by atoms with Gasteiger partial charge in [-0.2, -0.15) is 0 Å². The average molecular weight is 411 g/mol. The van der Waals surface area contributed by atoms with Gasteiger partial charge in [-0.1, -0.05) is 49.9 Å². The number of aryl methyl sites for hydroxylation is 2. The van der Waals surface area contributed by atoms with Gasteiger partial charge in [-0.15, -0.1) is 0 Å². The Kier molecular flexibility index (Phi) is 5.31. The van der Waals surface area contributed by atoms with E-state index in [9.17, 15) is 10.2 Å². The Balaban J connectivity index is 1.66. The number of hydrogen-bond acceptors (Lipinski definition) is 6. The van der Waals surface area contributed by atoms with E-state index in [0.29, 0.717) is 18.0 Å². The number of hydrogen-bond donors (Lipinski definition) is 6. The molecule has 30 heavy (non-hydrogen) atoms. The summed E-state index contributed by atoms with van der Waals surface area (Å²) in [5, 5.41) is 36.1. The van der Waals surface area contributed by atoms with Crippen LogP contribution in [0.2, 0.25) is 0 Å². The summed E-state index contributed by atoms with van der Waals surface area (Å²) in [6.07, 6.45) is 3.62. The molecule has 1 atom stereocenters. The van der Waals surface area contributed by atoms with E-state index in [1.807, 2.05) is 38.1 Å².